The number of phenols is 2. The number of hydrogen-bond donors (Lipinski definition) is 3. The summed E-state index contributed by atoms with van der Waals surface area (Å²) < 4.78 is 0. The summed E-state index contributed by atoms with van der Waals surface area (Å²) in [5, 5.41) is 28.5. The first kappa shape index (κ1) is 28.2. The minimum absolute atomic E-state index is 0.0899. The first-order valence-corrected chi connectivity index (χ1v) is 12.8. The summed E-state index contributed by atoms with van der Waals surface area (Å²) in [6.45, 7) is 1.96. The maximum absolute atomic E-state index is 11.1. The summed E-state index contributed by atoms with van der Waals surface area (Å²) in [7, 11) is 0. The van der Waals surface area contributed by atoms with E-state index in [1.165, 1.54) is 11.6 Å². The Morgan fingerprint density at radius 2 is 1.54 bits per heavy atom. The van der Waals surface area contributed by atoms with Gasteiger partial charge >= 0.3 is 5.97 Å². The van der Waals surface area contributed by atoms with E-state index in [1.54, 1.807) is 30.3 Å². The van der Waals surface area contributed by atoms with Crippen molar-refractivity contribution in [2.75, 3.05) is 0 Å². The quantitative estimate of drug-likeness (QED) is 0.133. The summed E-state index contributed by atoms with van der Waals surface area (Å²) in [4.78, 5) is 21.9. The fourth-order valence-electron chi connectivity index (χ4n) is 4.60. The maximum atomic E-state index is 11.1. The summed E-state index contributed by atoms with van der Waals surface area (Å²) in [5.74, 6) is 0.277. The van der Waals surface area contributed by atoms with Gasteiger partial charge in [-0.15, -0.1) is 0 Å². The largest absolute Gasteiger partial charge is 0.508 e. The number of carbonyl (C=O) groups excluding carboxylic acids is 1. The first-order chi connectivity index (χ1) is 16.9. The highest BCUT2D eigenvalue weighted by Crippen LogP contribution is 2.26. The molecule has 0 aliphatic carbocycles. The molecule has 0 amide bonds. The first-order valence-electron chi connectivity index (χ1n) is 12.8. The third-order valence-corrected chi connectivity index (χ3v) is 6.57. The molecule has 0 fully saturated rings. The number of unbranched alkanes of at least 4 members (excludes halogenated alkanes) is 2. The fraction of sp³-hybridized carbons (Fsp3) is 0.467. The molecule has 0 spiro atoms. The number of phenolic OH excluding ortho intramolecular Hbond substituents is 2. The molecule has 3 N–H and O–H groups in total. The number of benzene rings is 2. The normalized spacial score (nSPS) is 14.0. The van der Waals surface area contributed by atoms with Gasteiger partial charge in [0.2, 0.25) is 0 Å². The number of rotatable bonds is 17. The Morgan fingerprint density at radius 1 is 0.829 bits per heavy atom. The molecule has 0 heterocycles. The molecular formula is C30H40O5. The Morgan fingerprint density at radius 3 is 2.23 bits per heavy atom. The molecule has 2 aromatic carbocycles. The van der Waals surface area contributed by atoms with Crippen LogP contribution in [0.2, 0.25) is 0 Å². The van der Waals surface area contributed by atoms with Crippen molar-refractivity contribution < 1.29 is 24.9 Å². The number of aromatic hydroxyl groups is 2. The summed E-state index contributed by atoms with van der Waals surface area (Å²) in [6.07, 6.45) is 13.9. The predicted molar refractivity (Wildman–Crippen MR) is 140 cm³/mol. The molecule has 0 saturated carbocycles. The molecule has 0 aromatic heterocycles. The molecular weight excluding hydrogens is 440 g/mol. The average Bonchev–Trinajstić information content (AvgIpc) is 2.83. The van der Waals surface area contributed by atoms with E-state index < -0.39 is 5.97 Å². The second-order valence-electron chi connectivity index (χ2n) is 9.75. The van der Waals surface area contributed by atoms with Gasteiger partial charge in [-0.2, -0.15) is 0 Å². The molecule has 2 aromatic rings. The third-order valence-electron chi connectivity index (χ3n) is 6.57. The van der Waals surface area contributed by atoms with Gasteiger partial charge in [-0.1, -0.05) is 75.8 Å². The zero-order chi connectivity index (χ0) is 25.5. The highest BCUT2D eigenvalue weighted by molar-refractivity contribution is 5.79. The lowest BCUT2D eigenvalue weighted by molar-refractivity contribution is -0.131. The van der Waals surface area contributed by atoms with Crippen molar-refractivity contribution in [3.05, 3.63) is 71.8 Å². The van der Waals surface area contributed by atoms with Gasteiger partial charge < -0.3 is 20.1 Å². The minimum atomic E-state index is -0.944. The van der Waals surface area contributed by atoms with Crippen molar-refractivity contribution in [2.45, 2.75) is 71.1 Å². The standard InChI is InChI=1S/C30H40O5/c1-23(22-31)7-3-2-4-8-24(19-26-13-16-28(32)17-14-26)9-5-10-25(15-18-30(34)35)20-27-11-6-12-29(33)21-27/h6,11-18,21-25,32-33H,2-5,7-10,19-20H2,1H3,(H,34,35)/b18-15+/t23-,24+,25+/m0/s1. The summed E-state index contributed by atoms with van der Waals surface area (Å²) >= 11 is 0. The number of carboxylic acid groups (broad SMARTS) is 1. The van der Waals surface area contributed by atoms with Crippen molar-refractivity contribution in [1.29, 1.82) is 0 Å². The topological polar surface area (TPSA) is 94.8 Å². The van der Waals surface area contributed by atoms with Crippen LogP contribution in [0, 0.1) is 17.8 Å². The van der Waals surface area contributed by atoms with Crippen LogP contribution in [0.15, 0.2) is 60.7 Å². The van der Waals surface area contributed by atoms with Crippen molar-refractivity contribution in [3.8, 4) is 11.5 Å². The van der Waals surface area contributed by atoms with Gasteiger partial charge in [0.1, 0.15) is 17.8 Å². The van der Waals surface area contributed by atoms with E-state index in [1.807, 2.05) is 31.2 Å². The SMILES string of the molecule is C[C@H](C=O)CCCCC[C@H](CCC[C@H](/C=C/C(=O)O)Cc1cccc(O)c1)Cc1ccc(O)cc1. The molecule has 0 saturated heterocycles. The van der Waals surface area contributed by atoms with Crippen LogP contribution in [0.5, 0.6) is 11.5 Å². The Balaban J connectivity index is 1.94. The number of carbonyl (C=O) groups is 2. The number of hydrogen-bond acceptors (Lipinski definition) is 4. The van der Waals surface area contributed by atoms with E-state index in [-0.39, 0.29) is 23.3 Å². The van der Waals surface area contributed by atoms with Gasteiger partial charge in [-0.05, 0) is 72.9 Å². The number of aldehydes is 1. The highest BCUT2D eigenvalue weighted by Gasteiger charge is 2.13. The lowest BCUT2D eigenvalue weighted by atomic mass is 9.86. The average molecular weight is 481 g/mol. The maximum Gasteiger partial charge on any atom is 0.327 e. The van der Waals surface area contributed by atoms with Gasteiger partial charge in [-0.25, -0.2) is 4.79 Å². The molecule has 2 rings (SSSR count). The molecule has 0 radical (unpaired) electrons. The minimum Gasteiger partial charge on any atom is -0.508 e. The Bertz CT molecular complexity index is 919. The number of aliphatic carboxylic acids is 1. The van der Waals surface area contributed by atoms with Crippen LogP contribution in [0.4, 0.5) is 0 Å². The van der Waals surface area contributed by atoms with E-state index in [2.05, 4.69) is 0 Å². The molecule has 5 nitrogen and oxygen atoms in total. The van der Waals surface area contributed by atoms with Crippen LogP contribution in [-0.4, -0.2) is 27.6 Å². The Kier molecular flexibility index (Phi) is 12.7. The molecule has 5 heteroatoms. The van der Waals surface area contributed by atoms with Crippen LogP contribution < -0.4 is 0 Å². The van der Waals surface area contributed by atoms with Crippen molar-refractivity contribution in [1.82, 2.24) is 0 Å². The van der Waals surface area contributed by atoms with E-state index in [0.717, 1.165) is 69.6 Å². The van der Waals surface area contributed by atoms with Crippen LogP contribution in [0.1, 0.15) is 69.4 Å². The van der Waals surface area contributed by atoms with Gasteiger partial charge in [-0.3, -0.25) is 0 Å². The van der Waals surface area contributed by atoms with Crippen LogP contribution in [-0.2, 0) is 22.4 Å². The van der Waals surface area contributed by atoms with E-state index in [4.69, 9.17) is 5.11 Å². The summed E-state index contributed by atoms with van der Waals surface area (Å²) in [6, 6.07) is 14.6. The number of allylic oxidation sites excluding steroid dienone is 1. The van der Waals surface area contributed by atoms with Gasteiger partial charge in [0, 0.05) is 12.0 Å². The smallest absolute Gasteiger partial charge is 0.327 e. The van der Waals surface area contributed by atoms with Crippen LogP contribution in [0.25, 0.3) is 0 Å². The zero-order valence-electron chi connectivity index (χ0n) is 20.8. The van der Waals surface area contributed by atoms with E-state index in [9.17, 15) is 19.8 Å². The van der Waals surface area contributed by atoms with Crippen LogP contribution >= 0.6 is 0 Å². The molecule has 190 valence electrons. The second kappa shape index (κ2) is 15.8. The monoisotopic (exact) mass is 480 g/mol. The van der Waals surface area contributed by atoms with Crippen LogP contribution in [0.3, 0.4) is 0 Å². The molecule has 35 heavy (non-hydrogen) atoms. The Labute approximate surface area is 209 Å². The summed E-state index contributed by atoms with van der Waals surface area (Å²) in [5.41, 5.74) is 2.21. The molecule has 0 unspecified atom stereocenters. The molecule has 0 aliphatic heterocycles. The van der Waals surface area contributed by atoms with Crippen molar-refractivity contribution in [3.63, 3.8) is 0 Å². The second-order valence-corrected chi connectivity index (χ2v) is 9.75. The third kappa shape index (κ3) is 12.3. The number of carboxylic acids is 1. The van der Waals surface area contributed by atoms with E-state index in [0.29, 0.717) is 12.3 Å². The lowest BCUT2D eigenvalue weighted by Gasteiger charge is -2.19. The molecule has 0 aliphatic rings. The highest BCUT2D eigenvalue weighted by atomic mass is 16.4. The molecule has 3 atom stereocenters. The van der Waals surface area contributed by atoms with Gasteiger partial charge in [0.25, 0.3) is 0 Å². The lowest BCUT2D eigenvalue weighted by Crippen LogP contribution is -2.08. The van der Waals surface area contributed by atoms with Crippen molar-refractivity contribution >= 4 is 12.3 Å². The Hall–Kier alpha value is -3.08. The van der Waals surface area contributed by atoms with Gasteiger partial charge in [0.05, 0.1) is 0 Å². The van der Waals surface area contributed by atoms with Gasteiger partial charge in [0.15, 0.2) is 0 Å². The van der Waals surface area contributed by atoms with E-state index >= 15 is 0 Å². The molecule has 0 bridgehead atoms. The zero-order valence-corrected chi connectivity index (χ0v) is 20.8. The predicted octanol–water partition coefficient (Wildman–Crippen LogP) is 6.71. The fourth-order valence-corrected chi connectivity index (χ4v) is 4.60. The van der Waals surface area contributed by atoms with Crippen molar-refractivity contribution in [2.24, 2.45) is 17.8 Å².